The van der Waals surface area contributed by atoms with Crippen LogP contribution in [0.15, 0.2) is 30.6 Å². The second kappa shape index (κ2) is 7.92. The van der Waals surface area contributed by atoms with E-state index in [0.29, 0.717) is 5.15 Å². The zero-order valence-electron chi connectivity index (χ0n) is 13.3. The summed E-state index contributed by atoms with van der Waals surface area (Å²) in [6.45, 7) is 4.76. The number of aliphatic carboxylic acids is 1. The Morgan fingerprint density at radius 3 is 2.65 bits per heavy atom. The molecule has 1 aromatic carbocycles. The van der Waals surface area contributed by atoms with Crippen molar-refractivity contribution in [2.24, 2.45) is 0 Å². The summed E-state index contributed by atoms with van der Waals surface area (Å²) in [6, 6.07) is 8.06. The number of imidazole rings is 1. The smallest absolute Gasteiger partial charge is 0.303 e. The highest BCUT2D eigenvalue weighted by atomic mass is 35.5. The van der Waals surface area contributed by atoms with Crippen molar-refractivity contribution in [2.45, 2.75) is 39.7 Å². The van der Waals surface area contributed by atoms with E-state index in [1.807, 2.05) is 24.5 Å². The van der Waals surface area contributed by atoms with Gasteiger partial charge in [0.15, 0.2) is 5.15 Å². The molecule has 0 bridgehead atoms. The number of fused-ring (bicyclic) bond motifs is 3. The Labute approximate surface area is 139 Å². The van der Waals surface area contributed by atoms with Crippen LogP contribution < -0.4 is 0 Å². The topological polar surface area (TPSA) is 68.0 Å². The molecule has 0 saturated carbocycles. The lowest BCUT2D eigenvalue weighted by Gasteiger charge is -2.06. The third-order valence-electron chi connectivity index (χ3n) is 3.47. The Hall–Kier alpha value is -2.14. The monoisotopic (exact) mass is 333 g/mol. The zero-order chi connectivity index (χ0) is 16.8. The summed E-state index contributed by atoms with van der Waals surface area (Å²) in [5.74, 6) is -0.745. The van der Waals surface area contributed by atoms with Crippen LogP contribution in [0.1, 0.15) is 33.1 Å². The van der Waals surface area contributed by atoms with E-state index in [1.165, 1.54) is 0 Å². The first-order chi connectivity index (χ1) is 11.1. The normalized spacial score (nSPS) is 10.6. The van der Waals surface area contributed by atoms with Gasteiger partial charge >= 0.3 is 5.97 Å². The average molecular weight is 334 g/mol. The third kappa shape index (κ3) is 3.99. The molecule has 0 radical (unpaired) electrons. The van der Waals surface area contributed by atoms with Gasteiger partial charge < -0.3 is 9.67 Å². The van der Waals surface area contributed by atoms with Gasteiger partial charge in [0, 0.05) is 18.4 Å². The number of carboxylic acid groups (broad SMARTS) is 1. The minimum Gasteiger partial charge on any atom is -0.481 e. The largest absolute Gasteiger partial charge is 0.481 e. The van der Waals surface area contributed by atoms with E-state index in [-0.39, 0.29) is 6.42 Å². The summed E-state index contributed by atoms with van der Waals surface area (Å²) >= 11 is 6.20. The van der Waals surface area contributed by atoms with E-state index < -0.39 is 5.97 Å². The molecule has 2 heterocycles. The number of nitrogens with zero attached hydrogens (tertiary/aromatic N) is 3. The van der Waals surface area contributed by atoms with Crippen LogP contribution in [0.5, 0.6) is 0 Å². The van der Waals surface area contributed by atoms with Crippen LogP contribution in [-0.2, 0) is 11.3 Å². The van der Waals surface area contributed by atoms with Crippen LogP contribution in [-0.4, -0.2) is 25.6 Å². The minimum atomic E-state index is -0.745. The molecule has 0 atom stereocenters. The maximum absolute atomic E-state index is 9.37. The molecule has 3 aromatic rings. The van der Waals surface area contributed by atoms with Gasteiger partial charge in [0.2, 0.25) is 0 Å². The molecule has 122 valence electrons. The van der Waals surface area contributed by atoms with Gasteiger partial charge in [-0.2, -0.15) is 0 Å². The van der Waals surface area contributed by atoms with Crippen LogP contribution >= 0.6 is 11.6 Å². The fourth-order valence-corrected chi connectivity index (χ4v) is 2.47. The number of carbonyl (C=O) groups is 1. The molecular formula is C17H20ClN3O2. The number of aromatic nitrogens is 3. The molecule has 0 aliphatic carbocycles. The van der Waals surface area contributed by atoms with Gasteiger partial charge in [0.25, 0.3) is 0 Å². The first-order valence-corrected chi connectivity index (χ1v) is 8.07. The van der Waals surface area contributed by atoms with E-state index in [2.05, 4.69) is 27.5 Å². The van der Waals surface area contributed by atoms with Gasteiger partial charge in [-0.3, -0.25) is 4.79 Å². The summed E-state index contributed by atoms with van der Waals surface area (Å²) in [6.07, 6.45) is 4.39. The third-order valence-corrected chi connectivity index (χ3v) is 3.73. The predicted molar refractivity (Wildman–Crippen MR) is 92.9 cm³/mol. The molecule has 0 unspecified atom stereocenters. The van der Waals surface area contributed by atoms with E-state index in [4.69, 9.17) is 16.7 Å². The number of benzene rings is 1. The number of aryl methyl sites for hydroxylation is 1. The van der Waals surface area contributed by atoms with Gasteiger partial charge in [0.1, 0.15) is 5.52 Å². The van der Waals surface area contributed by atoms with Crippen molar-refractivity contribution in [2.75, 3.05) is 0 Å². The number of rotatable bonds is 4. The highest BCUT2D eigenvalue weighted by molar-refractivity contribution is 6.35. The van der Waals surface area contributed by atoms with Crippen LogP contribution in [0.3, 0.4) is 0 Å². The van der Waals surface area contributed by atoms with Crippen LogP contribution in [0.2, 0.25) is 5.15 Å². The number of carboxylic acids is 1. The van der Waals surface area contributed by atoms with Gasteiger partial charge in [-0.25, -0.2) is 9.97 Å². The number of hydrogen-bond donors (Lipinski definition) is 1. The molecule has 5 nitrogen and oxygen atoms in total. The van der Waals surface area contributed by atoms with Crippen molar-refractivity contribution < 1.29 is 9.90 Å². The van der Waals surface area contributed by atoms with E-state index in [9.17, 15) is 4.79 Å². The van der Waals surface area contributed by atoms with Gasteiger partial charge in [0.05, 0.1) is 17.4 Å². The van der Waals surface area contributed by atoms with Crippen molar-refractivity contribution in [1.82, 2.24) is 14.5 Å². The molecule has 0 fully saturated rings. The fraction of sp³-hybridized carbons (Fsp3) is 0.353. The summed E-state index contributed by atoms with van der Waals surface area (Å²) in [5.41, 5.74) is 2.82. The summed E-state index contributed by atoms with van der Waals surface area (Å²) < 4.78 is 2.18. The lowest BCUT2D eigenvalue weighted by atomic mass is 10.2. The molecule has 2 aromatic heterocycles. The summed E-state index contributed by atoms with van der Waals surface area (Å²) in [5, 5.41) is 9.32. The number of para-hydroxylation sites is 1. The van der Waals surface area contributed by atoms with Crippen LogP contribution in [0.4, 0.5) is 0 Å². The Bertz CT molecular complexity index is 814. The van der Waals surface area contributed by atoms with E-state index >= 15 is 0 Å². The molecular weight excluding hydrogens is 314 g/mol. The lowest BCUT2D eigenvalue weighted by Crippen LogP contribution is -1.96. The Morgan fingerprint density at radius 2 is 2.00 bits per heavy atom. The molecule has 0 amide bonds. The maximum Gasteiger partial charge on any atom is 0.303 e. The molecule has 0 aliphatic rings. The first-order valence-electron chi connectivity index (χ1n) is 7.69. The van der Waals surface area contributed by atoms with Crippen molar-refractivity contribution in [3.63, 3.8) is 0 Å². The van der Waals surface area contributed by atoms with Gasteiger partial charge in [-0.15, -0.1) is 0 Å². The highest BCUT2D eigenvalue weighted by Gasteiger charge is 2.11. The highest BCUT2D eigenvalue weighted by Crippen LogP contribution is 2.28. The van der Waals surface area contributed by atoms with Crippen molar-refractivity contribution in [1.29, 1.82) is 0 Å². The van der Waals surface area contributed by atoms with E-state index in [0.717, 1.165) is 41.3 Å². The summed E-state index contributed by atoms with van der Waals surface area (Å²) in [4.78, 5) is 18.1. The predicted octanol–water partition coefficient (Wildman–Crippen LogP) is 4.52. The molecule has 0 saturated heterocycles. The van der Waals surface area contributed by atoms with Crippen molar-refractivity contribution in [3.8, 4) is 0 Å². The molecule has 3 rings (SSSR count). The lowest BCUT2D eigenvalue weighted by molar-refractivity contribution is -0.136. The number of halogens is 1. The van der Waals surface area contributed by atoms with Gasteiger partial charge in [-0.05, 0) is 12.5 Å². The summed E-state index contributed by atoms with van der Waals surface area (Å²) in [7, 11) is 0. The second-order valence-corrected chi connectivity index (χ2v) is 5.51. The number of unbranched alkanes of at least 4 members (excludes halogenated alkanes) is 1. The Morgan fingerprint density at radius 1 is 1.30 bits per heavy atom. The standard InChI is InChI=1S/C14H14ClN3.C3H6O2/c1-2-3-8-18-9-16-12-13(18)10-6-4-5-7-11(10)17-14(12)15;1-2-3(4)5/h4-7,9H,2-3,8H2,1H3;2H2,1H3,(H,4,5). The number of pyridine rings is 1. The van der Waals surface area contributed by atoms with Gasteiger partial charge in [-0.1, -0.05) is 50.1 Å². The molecule has 0 aliphatic heterocycles. The zero-order valence-corrected chi connectivity index (χ0v) is 14.0. The Balaban J connectivity index is 0.000000338. The maximum atomic E-state index is 9.37. The average Bonchev–Trinajstić information content (AvgIpc) is 2.98. The minimum absolute atomic E-state index is 0.222. The van der Waals surface area contributed by atoms with Crippen LogP contribution in [0, 0.1) is 0 Å². The Kier molecular flexibility index (Phi) is 5.93. The molecule has 6 heteroatoms. The molecule has 0 spiro atoms. The van der Waals surface area contributed by atoms with Crippen molar-refractivity contribution >= 4 is 39.5 Å². The SMILES string of the molecule is CCC(=O)O.CCCCn1cnc2c(Cl)nc3ccccc3c21. The van der Waals surface area contributed by atoms with E-state index in [1.54, 1.807) is 6.92 Å². The van der Waals surface area contributed by atoms with Crippen LogP contribution in [0.25, 0.3) is 21.9 Å². The number of hydrogen-bond acceptors (Lipinski definition) is 3. The second-order valence-electron chi connectivity index (χ2n) is 5.16. The quantitative estimate of drug-likeness (QED) is 0.713. The first kappa shape index (κ1) is 17.2. The fourth-order valence-electron chi connectivity index (χ4n) is 2.24. The molecule has 1 N–H and O–H groups in total. The van der Waals surface area contributed by atoms with Crippen molar-refractivity contribution in [3.05, 3.63) is 35.7 Å². The molecule has 23 heavy (non-hydrogen) atoms.